The number of hydrogen-bond acceptors (Lipinski definition) is 3. The summed E-state index contributed by atoms with van der Waals surface area (Å²) < 4.78 is 17.4. The predicted octanol–water partition coefficient (Wildman–Crippen LogP) is 2.88. The molecule has 4 aliphatic rings. The molecule has 0 N–H and O–H groups in total. The van der Waals surface area contributed by atoms with E-state index in [1.165, 1.54) is 12.8 Å². The Hall–Kier alpha value is -0.960. The van der Waals surface area contributed by atoms with Crippen LogP contribution in [0.25, 0.3) is 0 Å². The second-order valence-corrected chi connectivity index (χ2v) is 5.92. The highest BCUT2D eigenvalue weighted by Crippen LogP contribution is 2.58. The van der Waals surface area contributed by atoms with Gasteiger partial charge in [0.2, 0.25) is 0 Å². The van der Waals surface area contributed by atoms with Crippen molar-refractivity contribution in [1.29, 1.82) is 0 Å². The quantitative estimate of drug-likeness (QED) is 0.702. The van der Waals surface area contributed by atoms with Crippen molar-refractivity contribution in [2.45, 2.75) is 43.5 Å². The number of methoxy groups -OCH3 is 1. The molecule has 4 rings (SSSR count). The van der Waals surface area contributed by atoms with E-state index < -0.39 is 0 Å². The Bertz CT molecular complexity index is 336. The molecule has 3 unspecified atom stereocenters. The Balaban J connectivity index is 1.87. The molecule has 18 heavy (non-hydrogen) atoms. The average molecular weight is 250 g/mol. The van der Waals surface area contributed by atoms with Gasteiger partial charge in [-0.05, 0) is 43.4 Å². The lowest BCUT2D eigenvalue weighted by molar-refractivity contribution is -0.247. The molecule has 0 aromatic rings. The molecule has 0 heterocycles. The average Bonchev–Trinajstić information content (AvgIpc) is 2.36. The summed E-state index contributed by atoms with van der Waals surface area (Å²) in [6.07, 6.45) is 8.12. The summed E-state index contributed by atoms with van der Waals surface area (Å²) in [5.74, 6) is 1.76. The number of rotatable bonds is 5. The van der Waals surface area contributed by atoms with Crippen molar-refractivity contribution in [2.75, 3.05) is 7.11 Å². The van der Waals surface area contributed by atoms with Crippen molar-refractivity contribution >= 4 is 0 Å². The zero-order valence-electron chi connectivity index (χ0n) is 11.0. The monoisotopic (exact) mass is 250 g/mol. The van der Waals surface area contributed by atoms with Crippen LogP contribution in [0.15, 0.2) is 25.7 Å². The van der Waals surface area contributed by atoms with Gasteiger partial charge in [-0.25, -0.2) is 0 Å². The largest absolute Gasteiger partial charge is 0.498 e. The summed E-state index contributed by atoms with van der Waals surface area (Å²) in [5.41, 5.74) is -0.119. The van der Waals surface area contributed by atoms with Crippen molar-refractivity contribution < 1.29 is 14.2 Å². The minimum Gasteiger partial charge on any atom is -0.498 e. The van der Waals surface area contributed by atoms with Gasteiger partial charge in [-0.15, -0.1) is 0 Å². The standard InChI is InChI=1S/C15H22O3/c1-4-17-13-11-6-10-7-12(13)9-15(8-11,16-3)14(10)18-5-2/h4-5,10-14H,1-2,6-9H2,3H3. The molecule has 0 spiro atoms. The molecule has 0 aromatic carbocycles. The van der Waals surface area contributed by atoms with Gasteiger partial charge in [-0.2, -0.15) is 0 Å². The maximum Gasteiger partial charge on any atom is 0.129 e. The molecule has 3 atom stereocenters. The molecule has 4 saturated carbocycles. The van der Waals surface area contributed by atoms with Crippen molar-refractivity contribution in [1.82, 2.24) is 0 Å². The molecule has 0 radical (unpaired) electrons. The van der Waals surface area contributed by atoms with Gasteiger partial charge in [-0.3, -0.25) is 0 Å². The molecule has 0 amide bonds. The highest BCUT2D eigenvalue weighted by molar-refractivity contribution is 5.12. The van der Waals surface area contributed by atoms with Gasteiger partial charge in [0.05, 0.1) is 12.5 Å². The Morgan fingerprint density at radius 2 is 1.61 bits per heavy atom. The minimum atomic E-state index is -0.119. The second-order valence-electron chi connectivity index (χ2n) is 5.92. The normalized spacial score (nSPS) is 48.8. The first kappa shape index (κ1) is 12.1. The van der Waals surface area contributed by atoms with Crippen LogP contribution in [-0.2, 0) is 14.2 Å². The number of ether oxygens (including phenoxy) is 3. The van der Waals surface area contributed by atoms with Crippen LogP contribution in [-0.4, -0.2) is 24.9 Å². The molecule has 3 nitrogen and oxygen atoms in total. The van der Waals surface area contributed by atoms with E-state index in [0.29, 0.717) is 23.9 Å². The predicted molar refractivity (Wildman–Crippen MR) is 68.8 cm³/mol. The lowest BCUT2D eigenvalue weighted by Gasteiger charge is -2.61. The first-order chi connectivity index (χ1) is 8.74. The molecular weight excluding hydrogens is 228 g/mol. The summed E-state index contributed by atoms with van der Waals surface area (Å²) in [7, 11) is 1.82. The highest BCUT2D eigenvalue weighted by atomic mass is 16.5. The minimum absolute atomic E-state index is 0.119. The zero-order chi connectivity index (χ0) is 12.8. The molecule has 0 aliphatic heterocycles. The molecule has 4 aliphatic carbocycles. The Morgan fingerprint density at radius 1 is 1.00 bits per heavy atom. The molecule has 0 aromatic heterocycles. The molecule has 4 fully saturated rings. The fraction of sp³-hybridized carbons (Fsp3) is 0.733. The first-order valence-corrected chi connectivity index (χ1v) is 6.82. The second kappa shape index (κ2) is 4.30. The van der Waals surface area contributed by atoms with Gasteiger partial charge in [0, 0.05) is 7.11 Å². The van der Waals surface area contributed by atoms with Crippen LogP contribution >= 0.6 is 0 Å². The van der Waals surface area contributed by atoms with Crippen LogP contribution in [0.4, 0.5) is 0 Å². The van der Waals surface area contributed by atoms with Gasteiger partial charge in [0.15, 0.2) is 0 Å². The summed E-state index contributed by atoms with van der Waals surface area (Å²) in [6, 6.07) is 0. The van der Waals surface area contributed by atoms with Crippen molar-refractivity contribution in [2.24, 2.45) is 17.8 Å². The SMILES string of the molecule is C=COC1C2CC3CC1CC(OC)(C2)C3OC=C. The Morgan fingerprint density at radius 3 is 2.11 bits per heavy atom. The van der Waals surface area contributed by atoms with Crippen LogP contribution in [0.5, 0.6) is 0 Å². The summed E-state index contributed by atoms with van der Waals surface area (Å²) in [4.78, 5) is 0. The maximum atomic E-state index is 5.89. The van der Waals surface area contributed by atoms with E-state index in [4.69, 9.17) is 14.2 Å². The Labute approximate surface area is 109 Å². The molecule has 0 saturated heterocycles. The lowest BCUT2D eigenvalue weighted by atomic mass is 9.51. The van der Waals surface area contributed by atoms with E-state index >= 15 is 0 Å². The summed E-state index contributed by atoms with van der Waals surface area (Å²) in [6.45, 7) is 7.41. The van der Waals surface area contributed by atoms with E-state index in [0.717, 1.165) is 12.8 Å². The smallest absolute Gasteiger partial charge is 0.129 e. The van der Waals surface area contributed by atoms with Crippen molar-refractivity contribution in [3.63, 3.8) is 0 Å². The maximum absolute atomic E-state index is 5.89. The van der Waals surface area contributed by atoms with Gasteiger partial charge in [0.1, 0.15) is 17.8 Å². The first-order valence-electron chi connectivity index (χ1n) is 6.82. The third kappa shape index (κ3) is 1.53. The van der Waals surface area contributed by atoms with Crippen molar-refractivity contribution in [3.8, 4) is 0 Å². The Kier molecular flexibility index (Phi) is 2.89. The van der Waals surface area contributed by atoms with E-state index in [1.54, 1.807) is 12.5 Å². The fourth-order valence-electron chi connectivity index (χ4n) is 4.76. The zero-order valence-corrected chi connectivity index (χ0v) is 11.0. The highest BCUT2D eigenvalue weighted by Gasteiger charge is 2.62. The number of hydrogen-bond donors (Lipinski definition) is 0. The van der Waals surface area contributed by atoms with E-state index in [9.17, 15) is 0 Å². The third-order valence-electron chi connectivity index (χ3n) is 5.21. The van der Waals surface area contributed by atoms with Crippen LogP contribution in [0.3, 0.4) is 0 Å². The molecule has 3 heteroatoms. The molecular formula is C15H22O3. The van der Waals surface area contributed by atoms with Gasteiger partial charge < -0.3 is 14.2 Å². The fourth-order valence-corrected chi connectivity index (χ4v) is 4.76. The van der Waals surface area contributed by atoms with E-state index in [2.05, 4.69) is 13.2 Å². The summed E-state index contributed by atoms with van der Waals surface area (Å²) >= 11 is 0. The van der Waals surface area contributed by atoms with Crippen LogP contribution < -0.4 is 0 Å². The summed E-state index contributed by atoms with van der Waals surface area (Å²) in [5, 5.41) is 0. The van der Waals surface area contributed by atoms with Crippen LogP contribution in [0, 0.1) is 17.8 Å². The van der Waals surface area contributed by atoms with Gasteiger partial charge in [-0.1, -0.05) is 13.2 Å². The van der Waals surface area contributed by atoms with Crippen LogP contribution in [0.2, 0.25) is 0 Å². The molecule has 4 bridgehead atoms. The van der Waals surface area contributed by atoms with E-state index in [-0.39, 0.29) is 11.7 Å². The molecule has 100 valence electrons. The lowest BCUT2D eigenvalue weighted by Crippen LogP contribution is -2.65. The topological polar surface area (TPSA) is 27.7 Å². The van der Waals surface area contributed by atoms with Crippen molar-refractivity contribution in [3.05, 3.63) is 25.7 Å². The van der Waals surface area contributed by atoms with Gasteiger partial charge >= 0.3 is 0 Å². The van der Waals surface area contributed by atoms with E-state index in [1.807, 2.05) is 7.11 Å². The van der Waals surface area contributed by atoms with Gasteiger partial charge in [0.25, 0.3) is 0 Å². The third-order valence-corrected chi connectivity index (χ3v) is 5.21. The van der Waals surface area contributed by atoms with Crippen LogP contribution in [0.1, 0.15) is 25.7 Å².